The molecule has 1 amide bonds. The first-order valence-electron chi connectivity index (χ1n) is 5.07. The van der Waals surface area contributed by atoms with Crippen molar-refractivity contribution in [2.24, 2.45) is 0 Å². The fourth-order valence-electron chi connectivity index (χ4n) is 0.874. The van der Waals surface area contributed by atoms with Gasteiger partial charge in [0.2, 0.25) is 0 Å². The molecule has 0 aromatic rings. The van der Waals surface area contributed by atoms with Crippen molar-refractivity contribution in [3.8, 4) is 0 Å². The van der Waals surface area contributed by atoms with Crippen molar-refractivity contribution >= 4 is 6.09 Å². The third kappa shape index (κ3) is 8.20. The van der Waals surface area contributed by atoms with E-state index in [0.717, 1.165) is 0 Å². The molecule has 0 rings (SSSR count). The first-order chi connectivity index (χ1) is 6.89. The van der Waals surface area contributed by atoms with Crippen molar-refractivity contribution in [2.75, 3.05) is 19.8 Å². The Balaban J connectivity index is 3.91. The number of hydrogen-bond acceptors (Lipinski definition) is 4. The van der Waals surface area contributed by atoms with Gasteiger partial charge in [-0.1, -0.05) is 0 Å². The number of carbonyl (C=O) groups excluding carboxylic acids is 1. The smallest absolute Gasteiger partial charge is 0.408 e. The summed E-state index contributed by atoms with van der Waals surface area (Å²) in [5.41, 5.74) is -0.532. The van der Waals surface area contributed by atoms with E-state index in [1.165, 1.54) is 0 Å². The molecule has 0 spiro atoms. The lowest BCUT2D eigenvalue weighted by atomic mass is 10.2. The van der Waals surface area contributed by atoms with Gasteiger partial charge >= 0.3 is 6.09 Å². The highest BCUT2D eigenvalue weighted by Crippen LogP contribution is 2.06. The first-order valence-corrected chi connectivity index (χ1v) is 5.07. The van der Waals surface area contributed by atoms with E-state index in [2.05, 4.69) is 5.32 Å². The van der Waals surface area contributed by atoms with Crippen molar-refractivity contribution in [1.82, 2.24) is 5.32 Å². The molecule has 5 nitrogen and oxygen atoms in total. The molecular weight excluding hydrogens is 198 g/mol. The van der Waals surface area contributed by atoms with Crippen LogP contribution >= 0.6 is 0 Å². The standard InChI is InChI=1S/C10H21NO4/c1-5-14-7-8(6-12)11-9(13)15-10(2,3)4/h8,12H,5-7H2,1-4H3,(H,11,13). The SMILES string of the molecule is CCOCC(CO)NC(=O)OC(C)(C)C. The highest BCUT2D eigenvalue weighted by Gasteiger charge is 2.18. The molecule has 0 aliphatic heterocycles. The van der Waals surface area contributed by atoms with E-state index < -0.39 is 17.7 Å². The van der Waals surface area contributed by atoms with Crippen LogP contribution in [0, 0.1) is 0 Å². The number of alkyl carbamates (subject to hydrolysis) is 1. The Hall–Kier alpha value is -0.810. The van der Waals surface area contributed by atoms with Gasteiger partial charge in [0, 0.05) is 6.61 Å². The third-order valence-electron chi connectivity index (χ3n) is 1.46. The predicted molar refractivity (Wildman–Crippen MR) is 56.7 cm³/mol. The monoisotopic (exact) mass is 219 g/mol. The number of aliphatic hydroxyl groups is 1. The summed E-state index contributed by atoms with van der Waals surface area (Å²) >= 11 is 0. The second kappa shape index (κ2) is 6.63. The van der Waals surface area contributed by atoms with Gasteiger partial charge in [0.15, 0.2) is 0 Å². The molecule has 2 N–H and O–H groups in total. The zero-order valence-corrected chi connectivity index (χ0v) is 9.87. The third-order valence-corrected chi connectivity index (χ3v) is 1.46. The molecule has 0 aliphatic carbocycles. The topological polar surface area (TPSA) is 67.8 Å². The van der Waals surface area contributed by atoms with E-state index in [0.29, 0.717) is 6.61 Å². The number of ether oxygens (including phenoxy) is 2. The summed E-state index contributed by atoms with van der Waals surface area (Å²) in [6.45, 7) is 7.86. The minimum Gasteiger partial charge on any atom is -0.444 e. The summed E-state index contributed by atoms with van der Waals surface area (Å²) in [4.78, 5) is 11.3. The number of nitrogens with one attached hydrogen (secondary N) is 1. The van der Waals surface area contributed by atoms with Crippen LogP contribution in [0.2, 0.25) is 0 Å². The lowest BCUT2D eigenvalue weighted by Crippen LogP contribution is -2.43. The van der Waals surface area contributed by atoms with Crippen LogP contribution in [0.5, 0.6) is 0 Å². The number of hydrogen-bond donors (Lipinski definition) is 2. The van der Waals surface area contributed by atoms with Gasteiger partial charge in [-0.05, 0) is 27.7 Å². The molecule has 1 atom stereocenters. The summed E-state index contributed by atoms with van der Waals surface area (Å²) < 4.78 is 10.1. The van der Waals surface area contributed by atoms with Gasteiger partial charge in [0.05, 0.1) is 19.3 Å². The van der Waals surface area contributed by atoms with Crippen LogP contribution in [-0.2, 0) is 9.47 Å². The van der Waals surface area contributed by atoms with Crippen molar-refractivity contribution in [2.45, 2.75) is 39.3 Å². The van der Waals surface area contributed by atoms with Gasteiger partial charge in [-0.25, -0.2) is 4.79 Å². The van der Waals surface area contributed by atoms with E-state index in [1.807, 2.05) is 6.92 Å². The average molecular weight is 219 g/mol. The van der Waals surface area contributed by atoms with E-state index in [1.54, 1.807) is 20.8 Å². The molecule has 0 aromatic heterocycles. The van der Waals surface area contributed by atoms with E-state index in [-0.39, 0.29) is 13.2 Å². The molecule has 0 bridgehead atoms. The van der Waals surface area contributed by atoms with Gasteiger partial charge < -0.3 is 19.9 Å². The minimum absolute atomic E-state index is 0.167. The zero-order valence-electron chi connectivity index (χ0n) is 9.87. The lowest BCUT2D eigenvalue weighted by Gasteiger charge is -2.22. The molecule has 0 aromatic carbocycles. The number of rotatable bonds is 5. The molecule has 5 heteroatoms. The van der Waals surface area contributed by atoms with Crippen LogP contribution in [0.25, 0.3) is 0 Å². The Kier molecular flexibility index (Phi) is 6.27. The molecule has 0 fully saturated rings. The maximum atomic E-state index is 11.3. The normalized spacial score (nSPS) is 13.4. The molecule has 90 valence electrons. The Morgan fingerprint density at radius 2 is 2.07 bits per heavy atom. The number of aliphatic hydroxyl groups excluding tert-OH is 1. The molecule has 0 saturated carbocycles. The van der Waals surface area contributed by atoms with Gasteiger partial charge in [0.1, 0.15) is 5.60 Å². The Labute approximate surface area is 90.8 Å². The van der Waals surface area contributed by atoms with Crippen molar-refractivity contribution in [3.05, 3.63) is 0 Å². The van der Waals surface area contributed by atoms with Crippen LogP contribution in [0.15, 0.2) is 0 Å². The maximum Gasteiger partial charge on any atom is 0.408 e. The van der Waals surface area contributed by atoms with E-state index in [9.17, 15) is 4.79 Å². The van der Waals surface area contributed by atoms with E-state index in [4.69, 9.17) is 14.6 Å². The van der Waals surface area contributed by atoms with Crippen LogP contribution in [0.1, 0.15) is 27.7 Å². The molecule has 1 unspecified atom stereocenters. The Bertz CT molecular complexity index is 188. The predicted octanol–water partition coefficient (Wildman–Crippen LogP) is 0.908. The molecule has 0 saturated heterocycles. The van der Waals surface area contributed by atoms with Crippen molar-refractivity contribution in [1.29, 1.82) is 0 Å². The van der Waals surface area contributed by atoms with Crippen LogP contribution in [0.4, 0.5) is 4.79 Å². The summed E-state index contributed by atoms with van der Waals surface area (Å²) in [7, 11) is 0. The number of amides is 1. The summed E-state index contributed by atoms with van der Waals surface area (Å²) in [5, 5.41) is 11.5. The van der Waals surface area contributed by atoms with Crippen LogP contribution < -0.4 is 5.32 Å². The lowest BCUT2D eigenvalue weighted by molar-refractivity contribution is 0.0398. The second-order valence-corrected chi connectivity index (χ2v) is 4.19. The minimum atomic E-state index is -0.541. The molecule has 15 heavy (non-hydrogen) atoms. The fraction of sp³-hybridized carbons (Fsp3) is 0.900. The number of carbonyl (C=O) groups is 1. The Morgan fingerprint density at radius 1 is 1.47 bits per heavy atom. The summed E-state index contributed by atoms with van der Waals surface area (Å²) in [5.74, 6) is 0. The zero-order chi connectivity index (χ0) is 11.9. The summed E-state index contributed by atoms with van der Waals surface area (Å²) in [6, 6.07) is -0.417. The molecule has 0 heterocycles. The second-order valence-electron chi connectivity index (χ2n) is 4.19. The van der Waals surface area contributed by atoms with Gasteiger partial charge in [0.25, 0.3) is 0 Å². The van der Waals surface area contributed by atoms with Crippen LogP contribution in [-0.4, -0.2) is 42.7 Å². The Morgan fingerprint density at radius 3 is 2.47 bits per heavy atom. The van der Waals surface area contributed by atoms with E-state index >= 15 is 0 Å². The first kappa shape index (κ1) is 14.2. The highest BCUT2D eigenvalue weighted by atomic mass is 16.6. The van der Waals surface area contributed by atoms with Gasteiger partial charge in [-0.3, -0.25) is 0 Å². The molecule has 0 radical (unpaired) electrons. The van der Waals surface area contributed by atoms with Gasteiger partial charge in [-0.15, -0.1) is 0 Å². The fourth-order valence-corrected chi connectivity index (χ4v) is 0.874. The molecular formula is C10H21NO4. The highest BCUT2D eigenvalue weighted by molar-refractivity contribution is 5.68. The average Bonchev–Trinajstić information content (AvgIpc) is 2.09. The van der Waals surface area contributed by atoms with Gasteiger partial charge in [-0.2, -0.15) is 0 Å². The largest absolute Gasteiger partial charge is 0.444 e. The van der Waals surface area contributed by atoms with Crippen LogP contribution in [0.3, 0.4) is 0 Å². The van der Waals surface area contributed by atoms with Crippen molar-refractivity contribution in [3.63, 3.8) is 0 Å². The maximum absolute atomic E-state index is 11.3. The summed E-state index contributed by atoms with van der Waals surface area (Å²) in [6.07, 6.45) is -0.541. The van der Waals surface area contributed by atoms with Crippen molar-refractivity contribution < 1.29 is 19.4 Å². The quantitative estimate of drug-likeness (QED) is 0.721. The molecule has 0 aliphatic rings.